The molecule has 0 fully saturated rings. The molecule has 0 radical (unpaired) electrons. The van der Waals surface area contributed by atoms with Crippen LogP contribution >= 0.6 is 0 Å². The summed E-state index contributed by atoms with van der Waals surface area (Å²) in [5.41, 5.74) is 1.78. The predicted molar refractivity (Wildman–Crippen MR) is 180 cm³/mol. The van der Waals surface area contributed by atoms with Gasteiger partial charge in [-0.15, -0.1) is 0 Å². The van der Waals surface area contributed by atoms with Crippen LogP contribution in [-0.2, 0) is 24.4 Å². The van der Waals surface area contributed by atoms with E-state index in [4.69, 9.17) is 9.84 Å². The molecule has 1 aliphatic heterocycles. The lowest BCUT2D eigenvalue weighted by molar-refractivity contribution is -0.138. The van der Waals surface area contributed by atoms with Crippen molar-refractivity contribution in [3.05, 3.63) is 83.9 Å². The molecule has 11 nitrogen and oxygen atoms in total. The smallest absolute Gasteiger partial charge is 0.322 e. The number of rotatable bonds is 15. The Morgan fingerprint density at radius 1 is 0.979 bits per heavy atom. The highest BCUT2D eigenvalue weighted by Crippen LogP contribution is 2.42. The quantitative estimate of drug-likeness (QED) is 0.177. The Kier molecular flexibility index (Phi) is 12.0. The second-order valence-corrected chi connectivity index (χ2v) is 13.6. The third-order valence-electron chi connectivity index (χ3n) is 8.21. The van der Waals surface area contributed by atoms with Crippen molar-refractivity contribution >= 4 is 39.2 Å². The number of fused-ring (bicyclic) bond motifs is 1. The van der Waals surface area contributed by atoms with Crippen LogP contribution in [0.5, 0.6) is 5.75 Å². The van der Waals surface area contributed by atoms with Crippen LogP contribution < -0.4 is 25.0 Å². The maximum atomic E-state index is 14.1. The number of carbonyl (C=O) groups excluding carboxylic acids is 2. The standard InChI is InChI=1S/C35H44N4O7S/c1-4-6-18-35(19-7-5-2)24-39(27-16-12-9-13-17-27)28-20-25(3)29(21-30(28)47(44,45)38-35)46-23-31(40)37-33(26-14-10-8-11-15-26)34(43)36-22-32(41)42/h8-17,20-21,33,38H,4-7,18-19,22-24H2,1-3H3,(H,36,43)(H,37,40)(H,41,42)/t33-/m1/s1. The van der Waals surface area contributed by atoms with Crippen LogP contribution in [0.15, 0.2) is 77.7 Å². The average Bonchev–Trinajstić information content (AvgIpc) is 3.15. The molecule has 1 heterocycles. The van der Waals surface area contributed by atoms with Crippen molar-refractivity contribution in [2.24, 2.45) is 0 Å². The molecule has 0 bridgehead atoms. The molecule has 0 saturated heterocycles. The van der Waals surface area contributed by atoms with Crippen LogP contribution in [-0.4, -0.2) is 56.5 Å². The fourth-order valence-electron chi connectivity index (χ4n) is 5.81. The van der Waals surface area contributed by atoms with Crippen molar-refractivity contribution in [1.82, 2.24) is 15.4 Å². The third kappa shape index (κ3) is 9.11. The van der Waals surface area contributed by atoms with Crippen LogP contribution in [0.2, 0.25) is 0 Å². The van der Waals surface area contributed by atoms with Crippen molar-refractivity contribution in [2.45, 2.75) is 75.8 Å². The number of carboxylic acid groups (broad SMARTS) is 1. The minimum atomic E-state index is -4.02. The molecule has 0 spiro atoms. The number of ether oxygens (including phenoxy) is 1. The van der Waals surface area contributed by atoms with Crippen LogP contribution in [0, 0.1) is 6.92 Å². The van der Waals surface area contributed by atoms with Crippen molar-refractivity contribution < 1.29 is 32.6 Å². The number of hydrogen-bond acceptors (Lipinski definition) is 7. The maximum Gasteiger partial charge on any atom is 0.322 e. The summed E-state index contributed by atoms with van der Waals surface area (Å²) in [5, 5.41) is 13.9. The van der Waals surface area contributed by atoms with E-state index in [0.29, 0.717) is 36.2 Å². The van der Waals surface area contributed by atoms with Gasteiger partial charge in [0.1, 0.15) is 23.2 Å². The lowest BCUT2D eigenvalue weighted by Crippen LogP contribution is -2.53. The van der Waals surface area contributed by atoms with Crippen molar-refractivity contribution in [3.8, 4) is 5.75 Å². The summed E-state index contributed by atoms with van der Waals surface area (Å²) in [6, 6.07) is 20.2. The number of carboxylic acids is 1. The SMILES string of the molecule is CCCCC1(CCCC)CN(c2ccccc2)c2cc(C)c(OCC(=O)N[C@@H](C(=O)NCC(=O)O)c3ccccc3)cc2S(=O)(=O)N1. The van der Waals surface area contributed by atoms with E-state index in [1.807, 2.05) is 30.3 Å². The van der Waals surface area contributed by atoms with Gasteiger partial charge in [-0.2, -0.15) is 0 Å². The lowest BCUT2D eigenvalue weighted by Gasteiger charge is -2.37. The number of unbranched alkanes of at least 4 members (excludes halogenated alkanes) is 2. The van der Waals surface area contributed by atoms with Crippen molar-refractivity contribution in [2.75, 3.05) is 24.6 Å². The Morgan fingerprint density at radius 2 is 1.60 bits per heavy atom. The van der Waals surface area contributed by atoms with E-state index in [2.05, 4.69) is 34.1 Å². The monoisotopic (exact) mass is 664 g/mol. The highest BCUT2D eigenvalue weighted by molar-refractivity contribution is 7.89. The zero-order chi connectivity index (χ0) is 34.0. The molecule has 47 heavy (non-hydrogen) atoms. The molecule has 252 valence electrons. The number of nitrogens with zero attached hydrogens (tertiary/aromatic N) is 1. The van der Waals surface area contributed by atoms with E-state index in [0.717, 1.165) is 31.4 Å². The number of aliphatic carboxylic acids is 1. The summed E-state index contributed by atoms with van der Waals surface area (Å²) >= 11 is 0. The molecule has 3 aromatic carbocycles. The third-order valence-corrected chi connectivity index (χ3v) is 9.81. The highest BCUT2D eigenvalue weighted by atomic mass is 32.2. The number of sulfonamides is 1. The molecule has 0 unspecified atom stereocenters. The predicted octanol–water partition coefficient (Wildman–Crippen LogP) is 4.98. The van der Waals surface area contributed by atoms with Gasteiger partial charge >= 0.3 is 5.97 Å². The molecule has 0 aliphatic carbocycles. The maximum absolute atomic E-state index is 14.1. The van der Waals surface area contributed by atoms with E-state index in [9.17, 15) is 22.8 Å². The number of benzene rings is 3. The van der Waals surface area contributed by atoms with Gasteiger partial charge in [0.25, 0.3) is 5.91 Å². The fraction of sp³-hybridized carbons (Fsp3) is 0.400. The average molecular weight is 665 g/mol. The van der Waals surface area contributed by atoms with Gasteiger partial charge in [-0.25, -0.2) is 13.1 Å². The van der Waals surface area contributed by atoms with Crippen molar-refractivity contribution in [1.29, 1.82) is 0 Å². The van der Waals surface area contributed by atoms with Gasteiger partial charge in [-0.05, 0) is 49.1 Å². The summed E-state index contributed by atoms with van der Waals surface area (Å²) in [7, 11) is -4.02. The van der Waals surface area contributed by atoms with Gasteiger partial charge in [0.15, 0.2) is 6.61 Å². The minimum Gasteiger partial charge on any atom is -0.483 e. The molecular formula is C35H44N4O7S. The number of amides is 2. The fourth-order valence-corrected chi connectivity index (χ4v) is 7.46. The van der Waals surface area contributed by atoms with Crippen LogP contribution in [0.4, 0.5) is 11.4 Å². The van der Waals surface area contributed by atoms with Crippen LogP contribution in [0.1, 0.15) is 69.5 Å². The van der Waals surface area contributed by atoms with E-state index >= 15 is 0 Å². The summed E-state index contributed by atoms with van der Waals surface area (Å²) in [6.07, 6.45) is 4.97. The number of carbonyl (C=O) groups is 3. The molecule has 4 rings (SSSR count). The first kappa shape index (κ1) is 35.4. The topological polar surface area (TPSA) is 154 Å². The Morgan fingerprint density at radius 3 is 2.19 bits per heavy atom. The number of aryl methyl sites for hydroxylation is 1. The van der Waals surface area contributed by atoms with E-state index in [1.54, 1.807) is 43.3 Å². The Hall–Kier alpha value is -4.42. The van der Waals surface area contributed by atoms with Gasteiger partial charge < -0.3 is 25.4 Å². The summed E-state index contributed by atoms with van der Waals surface area (Å²) in [4.78, 5) is 39.0. The second-order valence-electron chi connectivity index (χ2n) is 11.9. The van der Waals surface area contributed by atoms with Crippen LogP contribution in [0.3, 0.4) is 0 Å². The molecule has 1 aliphatic rings. The zero-order valence-corrected chi connectivity index (χ0v) is 27.9. The number of para-hydroxylation sites is 1. The first-order valence-electron chi connectivity index (χ1n) is 16.0. The molecular weight excluding hydrogens is 620 g/mol. The number of nitrogens with one attached hydrogen (secondary N) is 3. The van der Waals surface area contributed by atoms with Gasteiger partial charge in [-0.1, -0.05) is 88.1 Å². The van der Waals surface area contributed by atoms with Gasteiger partial charge in [0.2, 0.25) is 15.9 Å². The molecule has 0 aromatic heterocycles. The Balaban J connectivity index is 1.65. The molecule has 2 amide bonds. The largest absolute Gasteiger partial charge is 0.483 e. The van der Waals surface area contributed by atoms with Crippen molar-refractivity contribution in [3.63, 3.8) is 0 Å². The molecule has 1 atom stereocenters. The molecule has 3 aromatic rings. The van der Waals surface area contributed by atoms with E-state index < -0.39 is 52.5 Å². The lowest BCUT2D eigenvalue weighted by atomic mass is 9.87. The van der Waals surface area contributed by atoms with E-state index in [-0.39, 0.29) is 10.6 Å². The van der Waals surface area contributed by atoms with Crippen LogP contribution in [0.25, 0.3) is 0 Å². The minimum absolute atomic E-state index is 0.0486. The van der Waals surface area contributed by atoms with Gasteiger partial charge in [0.05, 0.1) is 11.2 Å². The first-order chi connectivity index (χ1) is 22.5. The molecule has 12 heteroatoms. The van der Waals surface area contributed by atoms with Gasteiger partial charge in [0, 0.05) is 18.3 Å². The van der Waals surface area contributed by atoms with Gasteiger partial charge in [-0.3, -0.25) is 14.4 Å². The number of anilines is 2. The first-order valence-corrected chi connectivity index (χ1v) is 17.4. The normalized spacial score (nSPS) is 15.5. The Bertz CT molecular complexity index is 1640. The summed E-state index contributed by atoms with van der Waals surface area (Å²) in [5.74, 6) is -2.36. The zero-order valence-electron chi connectivity index (χ0n) is 27.1. The summed E-state index contributed by atoms with van der Waals surface area (Å²) in [6.45, 7) is 5.31. The number of hydrogen-bond donors (Lipinski definition) is 4. The van der Waals surface area contributed by atoms with E-state index in [1.165, 1.54) is 6.07 Å². The molecule has 0 saturated carbocycles. The second kappa shape index (κ2) is 15.9. The highest BCUT2D eigenvalue weighted by Gasteiger charge is 2.42. The Labute approximate surface area is 276 Å². The summed E-state index contributed by atoms with van der Waals surface area (Å²) < 4.78 is 37.3. The molecule has 4 N–H and O–H groups in total.